The summed E-state index contributed by atoms with van der Waals surface area (Å²) in [5.74, 6) is 1.65. The van der Waals surface area contributed by atoms with Gasteiger partial charge in [0.15, 0.2) is 0 Å². The number of rotatable bonds is 6. The van der Waals surface area contributed by atoms with Gasteiger partial charge in [0.1, 0.15) is 12.4 Å². The van der Waals surface area contributed by atoms with E-state index < -0.39 is 0 Å². The fourth-order valence-corrected chi connectivity index (χ4v) is 4.77. The molecule has 0 radical (unpaired) electrons. The highest BCUT2D eigenvalue weighted by atomic mass is 16.5. The lowest BCUT2D eigenvalue weighted by atomic mass is 9.87. The van der Waals surface area contributed by atoms with Crippen LogP contribution in [0, 0.1) is 5.92 Å². The Kier molecular flexibility index (Phi) is 6.16. The smallest absolute Gasteiger partial charge is 0.248 e. The molecule has 0 aliphatic carbocycles. The van der Waals surface area contributed by atoms with Crippen LogP contribution < -0.4 is 4.74 Å². The van der Waals surface area contributed by atoms with E-state index in [0.717, 1.165) is 44.9 Å². The number of hydrogen-bond acceptors (Lipinski definition) is 4. The third kappa shape index (κ3) is 4.46. The molecule has 2 aliphatic rings. The maximum absolute atomic E-state index is 12.5. The summed E-state index contributed by atoms with van der Waals surface area (Å²) < 4.78 is 10.5. The molecule has 1 saturated heterocycles. The fourth-order valence-electron chi connectivity index (χ4n) is 4.77. The lowest BCUT2D eigenvalue weighted by Crippen LogP contribution is -2.37. The molecule has 29 heavy (non-hydrogen) atoms. The van der Waals surface area contributed by atoms with Crippen LogP contribution in [0.5, 0.6) is 5.75 Å². The largest absolute Gasteiger partial charge is 0.497 e. The number of nitrogens with zero attached hydrogens (tertiary/aromatic N) is 2. The summed E-state index contributed by atoms with van der Waals surface area (Å²) in [6.45, 7) is 4.72. The van der Waals surface area contributed by atoms with Crippen LogP contribution >= 0.6 is 0 Å². The normalized spacial score (nSPS) is 21.8. The molecule has 0 bridgehead atoms. The van der Waals surface area contributed by atoms with Crippen LogP contribution in [-0.2, 0) is 22.5 Å². The summed E-state index contributed by atoms with van der Waals surface area (Å²) in [6.07, 6.45) is 1.10. The third-order valence-corrected chi connectivity index (χ3v) is 6.29. The molecule has 0 saturated carbocycles. The molecule has 2 aromatic carbocycles. The van der Waals surface area contributed by atoms with Gasteiger partial charge < -0.3 is 14.4 Å². The summed E-state index contributed by atoms with van der Waals surface area (Å²) in [7, 11) is 3.28. The first-order valence-electron chi connectivity index (χ1n) is 10.4. The van der Waals surface area contributed by atoms with Crippen molar-refractivity contribution in [1.29, 1.82) is 0 Å². The number of methoxy groups -OCH3 is 2. The van der Waals surface area contributed by atoms with Crippen molar-refractivity contribution >= 4 is 5.91 Å². The topological polar surface area (TPSA) is 42.0 Å². The zero-order valence-corrected chi connectivity index (χ0v) is 17.3. The molecule has 0 N–H and O–H groups in total. The number of ether oxygens (including phenoxy) is 2. The first-order valence-corrected chi connectivity index (χ1v) is 10.4. The number of benzene rings is 2. The van der Waals surface area contributed by atoms with Crippen LogP contribution in [0.2, 0.25) is 0 Å². The quantitative estimate of drug-likeness (QED) is 0.756. The summed E-state index contributed by atoms with van der Waals surface area (Å²) in [5.41, 5.74) is 4.15. The van der Waals surface area contributed by atoms with E-state index in [0.29, 0.717) is 11.8 Å². The Morgan fingerprint density at radius 2 is 1.90 bits per heavy atom. The van der Waals surface area contributed by atoms with E-state index in [9.17, 15) is 4.79 Å². The van der Waals surface area contributed by atoms with E-state index in [-0.39, 0.29) is 12.5 Å². The Labute approximate surface area is 173 Å². The molecule has 1 amide bonds. The van der Waals surface area contributed by atoms with Crippen molar-refractivity contribution < 1.29 is 14.3 Å². The van der Waals surface area contributed by atoms with E-state index in [2.05, 4.69) is 41.3 Å². The predicted octanol–water partition coefficient (Wildman–Crippen LogP) is 2.94. The van der Waals surface area contributed by atoms with E-state index in [1.54, 1.807) is 14.2 Å². The van der Waals surface area contributed by atoms with Gasteiger partial charge in [-0.2, -0.15) is 0 Å². The second kappa shape index (κ2) is 8.97. The molecule has 0 aromatic heterocycles. The van der Waals surface area contributed by atoms with Gasteiger partial charge in [-0.25, -0.2) is 0 Å². The first-order chi connectivity index (χ1) is 14.2. The monoisotopic (exact) mass is 394 g/mol. The average Bonchev–Trinajstić information content (AvgIpc) is 3.18. The maximum atomic E-state index is 12.5. The molecule has 2 aromatic rings. The second-order valence-electron chi connectivity index (χ2n) is 8.13. The van der Waals surface area contributed by atoms with Crippen molar-refractivity contribution in [2.24, 2.45) is 5.92 Å². The highest BCUT2D eigenvalue weighted by molar-refractivity contribution is 5.78. The van der Waals surface area contributed by atoms with Gasteiger partial charge in [-0.15, -0.1) is 0 Å². The molecule has 1 fully saturated rings. The molecule has 5 nitrogen and oxygen atoms in total. The molecular formula is C24H30N2O3. The van der Waals surface area contributed by atoms with Gasteiger partial charge in [-0.1, -0.05) is 36.4 Å². The van der Waals surface area contributed by atoms with Crippen molar-refractivity contribution in [1.82, 2.24) is 9.80 Å². The van der Waals surface area contributed by atoms with Crippen molar-refractivity contribution in [3.05, 3.63) is 65.2 Å². The molecule has 4 rings (SSSR count). The number of likely N-dealkylation sites (tertiary alicyclic amines) is 1. The standard InChI is InChI=1S/C24H30N2O3/c1-28-17-24(27)26-15-21(23(16-26)19-8-5-9-22(12-19)29-2)14-25-11-10-18-6-3-4-7-20(18)13-25/h3-9,12,21,23H,10-11,13-17H2,1-2H3. The van der Waals surface area contributed by atoms with Crippen LogP contribution in [0.1, 0.15) is 22.6 Å². The lowest BCUT2D eigenvalue weighted by Gasteiger charge is -2.32. The summed E-state index contributed by atoms with van der Waals surface area (Å²) in [4.78, 5) is 17.0. The summed E-state index contributed by atoms with van der Waals surface area (Å²) >= 11 is 0. The Morgan fingerprint density at radius 1 is 1.07 bits per heavy atom. The van der Waals surface area contributed by atoms with E-state index in [4.69, 9.17) is 9.47 Å². The van der Waals surface area contributed by atoms with Gasteiger partial charge in [0.05, 0.1) is 7.11 Å². The van der Waals surface area contributed by atoms with Gasteiger partial charge in [-0.3, -0.25) is 9.69 Å². The van der Waals surface area contributed by atoms with Gasteiger partial charge in [0.25, 0.3) is 0 Å². The number of hydrogen-bond donors (Lipinski definition) is 0. The second-order valence-corrected chi connectivity index (χ2v) is 8.13. The van der Waals surface area contributed by atoms with Crippen LogP contribution in [0.4, 0.5) is 0 Å². The molecule has 2 atom stereocenters. The zero-order chi connectivity index (χ0) is 20.2. The lowest BCUT2D eigenvalue weighted by molar-refractivity contribution is -0.134. The molecule has 2 aliphatic heterocycles. The maximum Gasteiger partial charge on any atom is 0.248 e. The van der Waals surface area contributed by atoms with Gasteiger partial charge in [0.2, 0.25) is 5.91 Å². The Balaban J connectivity index is 1.52. The van der Waals surface area contributed by atoms with E-state index in [1.165, 1.54) is 16.7 Å². The Morgan fingerprint density at radius 3 is 2.69 bits per heavy atom. The van der Waals surface area contributed by atoms with Crippen LogP contribution in [0.3, 0.4) is 0 Å². The zero-order valence-electron chi connectivity index (χ0n) is 17.3. The molecule has 0 spiro atoms. The molecular weight excluding hydrogens is 364 g/mol. The number of fused-ring (bicyclic) bond motifs is 1. The first kappa shape index (κ1) is 19.9. The number of amides is 1. The summed E-state index contributed by atoms with van der Waals surface area (Å²) in [6, 6.07) is 17.0. The van der Waals surface area contributed by atoms with Gasteiger partial charge >= 0.3 is 0 Å². The van der Waals surface area contributed by atoms with Gasteiger partial charge in [0, 0.05) is 45.8 Å². The third-order valence-electron chi connectivity index (χ3n) is 6.29. The Hall–Kier alpha value is -2.37. The van der Waals surface area contributed by atoms with Crippen LogP contribution in [0.15, 0.2) is 48.5 Å². The molecule has 2 unspecified atom stereocenters. The molecule has 5 heteroatoms. The minimum atomic E-state index is 0.0758. The fraction of sp³-hybridized carbons (Fsp3) is 0.458. The highest BCUT2D eigenvalue weighted by Crippen LogP contribution is 2.35. The number of carbonyl (C=O) groups excluding carboxylic acids is 1. The van der Waals surface area contributed by atoms with Gasteiger partial charge in [-0.05, 0) is 41.2 Å². The van der Waals surface area contributed by atoms with Crippen molar-refractivity contribution in [3.63, 3.8) is 0 Å². The molecule has 154 valence electrons. The van der Waals surface area contributed by atoms with Crippen LogP contribution in [0.25, 0.3) is 0 Å². The minimum Gasteiger partial charge on any atom is -0.497 e. The van der Waals surface area contributed by atoms with Crippen molar-refractivity contribution in [3.8, 4) is 5.75 Å². The van der Waals surface area contributed by atoms with Crippen LogP contribution in [-0.4, -0.2) is 62.7 Å². The van der Waals surface area contributed by atoms with E-state index in [1.807, 2.05) is 17.0 Å². The average molecular weight is 395 g/mol. The predicted molar refractivity (Wildman–Crippen MR) is 113 cm³/mol. The number of carbonyl (C=O) groups is 1. The van der Waals surface area contributed by atoms with E-state index >= 15 is 0 Å². The Bertz CT molecular complexity index is 854. The summed E-state index contributed by atoms with van der Waals surface area (Å²) in [5, 5.41) is 0. The molecule has 2 heterocycles. The minimum absolute atomic E-state index is 0.0758. The van der Waals surface area contributed by atoms with Crippen molar-refractivity contribution in [2.45, 2.75) is 18.9 Å². The van der Waals surface area contributed by atoms with Crippen molar-refractivity contribution in [2.75, 3.05) is 47.0 Å². The highest BCUT2D eigenvalue weighted by Gasteiger charge is 2.37. The SMILES string of the molecule is COCC(=O)N1CC(CN2CCc3ccccc3C2)C(c2cccc(OC)c2)C1.